The smallest absolute Gasteiger partial charge is 0.271 e. The van der Waals surface area contributed by atoms with E-state index in [0.717, 1.165) is 0 Å². The van der Waals surface area contributed by atoms with E-state index in [4.69, 9.17) is 0 Å². The number of alkyl halides is 5. The molecule has 0 aromatic carbocycles. The number of halogens is 7. The predicted octanol–water partition coefficient (Wildman–Crippen LogP) is 1.88. The van der Waals surface area contributed by atoms with Gasteiger partial charge in [0.2, 0.25) is 0 Å². The normalized spacial score (nSPS) is 11.5. The molecule has 0 radical (unpaired) electrons. The molecular formula is C4H9Cl2F5N2. The van der Waals surface area contributed by atoms with Crippen LogP contribution in [0.15, 0.2) is 0 Å². The van der Waals surface area contributed by atoms with Crippen LogP contribution in [0.4, 0.5) is 22.0 Å². The first-order valence-corrected chi connectivity index (χ1v) is 2.69. The molecule has 0 aliphatic carbocycles. The highest BCUT2D eigenvalue weighted by molar-refractivity contribution is 5.85. The summed E-state index contributed by atoms with van der Waals surface area (Å²) >= 11 is 0. The van der Waals surface area contributed by atoms with Crippen LogP contribution in [0, 0.1) is 0 Å². The predicted molar refractivity (Wildman–Crippen MR) is 42.3 cm³/mol. The van der Waals surface area contributed by atoms with E-state index in [1.54, 1.807) is 5.43 Å². The highest BCUT2D eigenvalue weighted by Gasteiger charge is 2.56. The van der Waals surface area contributed by atoms with Crippen molar-refractivity contribution in [3.63, 3.8) is 0 Å². The highest BCUT2D eigenvalue weighted by Crippen LogP contribution is 2.37. The Morgan fingerprint density at radius 1 is 1.00 bits per heavy atom. The van der Waals surface area contributed by atoms with Gasteiger partial charge in [-0.2, -0.15) is 22.0 Å². The Kier molecular flexibility index (Phi) is 9.54. The largest absolute Gasteiger partial charge is 0.453 e. The van der Waals surface area contributed by atoms with Gasteiger partial charge in [0.15, 0.2) is 0 Å². The van der Waals surface area contributed by atoms with Crippen LogP contribution in [0.25, 0.3) is 0 Å². The van der Waals surface area contributed by atoms with Crippen LogP contribution in [0.3, 0.4) is 0 Å². The second-order valence-corrected chi connectivity index (χ2v) is 1.91. The van der Waals surface area contributed by atoms with Crippen molar-refractivity contribution >= 4 is 24.8 Å². The summed E-state index contributed by atoms with van der Waals surface area (Å²) < 4.78 is 57.8. The first-order valence-electron chi connectivity index (χ1n) is 2.69. The first-order chi connectivity index (χ1) is 4.81. The third-order valence-corrected chi connectivity index (χ3v) is 0.998. The van der Waals surface area contributed by atoms with Gasteiger partial charge >= 0.3 is 12.1 Å². The lowest BCUT2D eigenvalue weighted by atomic mass is 10.2. The molecule has 0 unspecified atom stereocenters. The summed E-state index contributed by atoms with van der Waals surface area (Å²) in [7, 11) is 0. The second kappa shape index (κ2) is 6.58. The van der Waals surface area contributed by atoms with Crippen LogP contribution in [-0.4, -0.2) is 18.6 Å². The van der Waals surface area contributed by atoms with E-state index in [1.807, 2.05) is 0 Å². The molecule has 0 amide bonds. The summed E-state index contributed by atoms with van der Waals surface area (Å²) in [5.74, 6) is -0.125. The maximum absolute atomic E-state index is 11.9. The lowest BCUT2D eigenvalue weighted by molar-refractivity contribution is -0.283. The van der Waals surface area contributed by atoms with Crippen LogP contribution in [-0.2, 0) is 0 Å². The molecule has 2 nitrogen and oxygen atoms in total. The van der Waals surface area contributed by atoms with Gasteiger partial charge in [-0.3, -0.25) is 11.3 Å². The Labute approximate surface area is 83.8 Å². The van der Waals surface area contributed by atoms with Gasteiger partial charge in [-0.05, 0) is 0 Å². The van der Waals surface area contributed by atoms with Crippen molar-refractivity contribution in [2.75, 3.05) is 6.54 Å². The fourth-order valence-corrected chi connectivity index (χ4v) is 0.371. The number of rotatable bonds is 3. The Morgan fingerprint density at radius 3 is 1.62 bits per heavy atom. The zero-order valence-corrected chi connectivity index (χ0v) is 7.83. The van der Waals surface area contributed by atoms with E-state index in [9.17, 15) is 22.0 Å². The average molecular weight is 251 g/mol. The third-order valence-electron chi connectivity index (χ3n) is 0.998. The summed E-state index contributed by atoms with van der Waals surface area (Å²) in [6.45, 7) is -0.577. The monoisotopic (exact) mass is 250 g/mol. The third kappa shape index (κ3) is 6.25. The van der Waals surface area contributed by atoms with Crippen molar-refractivity contribution in [2.45, 2.75) is 18.5 Å². The number of hydrogen-bond donors (Lipinski definition) is 2. The van der Waals surface area contributed by atoms with Crippen LogP contribution < -0.4 is 11.3 Å². The molecule has 0 aliphatic heterocycles. The SMILES string of the molecule is Cl.Cl.NNCCC(F)(F)C(F)(F)F. The molecule has 3 N–H and O–H groups in total. The molecule has 13 heavy (non-hydrogen) atoms. The summed E-state index contributed by atoms with van der Waals surface area (Å²) in [6.07, 6.45) is -6.82. The molecule has 84 valence electrons. The number of hydrogen-bond acceptors (Lipinski definition) is 2. The van der Waals surface area contributed by atoms with Crippen molar-refractivity contribution in [2.24, 2.45) is 5.84 Å². The van der Waals surface area contributed by atoms with Gasteiger partial charge < -0.3 is 0 Å². The van der Waals surface area contributed by atoms with Gasteiger partial charge in [0.1, 0.15) is 0 Å². The molecule has 0 atom stereocenters. The quantitative estimate of drug-likeness (QED) is 0.456. The molecule has 0 saturated heterocycles. The van der Waals surface area contributed by atoms with Crippen LogP contribution in [0.1, 0.15) is 6.42 Å². The van der Waals surface area contributed by atoms with Crippen molar-refractivity contribution in [1.29, 1.82) is 0 Å². The molecule has 0 saturated carbocycles. The minimum absolute atomic E-state index is 0. The standard InChI is InChI=1S/C4H7F5N2.2ClH/c5-3(6,1-2-11-10)4(7,8)9;;/h11H,1-2,10H2;2*1H. The first kappa shape index (κ1) is 18.8. The van der Waals surface area contributed by atoms with E-state index in [1.165, 1.54) is 0 Å². The fourth-order valence-electron chi connectivity index (χ4n) is 0.371. The molecule has 0 aliphatic rings. The van der Waals surface area contributed by atoms with Crippen LogP contribution in [0.2, 0.25) is 0 Å². The molecule has 0 aromatic rings. The molecule has 0 spiro atoms. The van der Waals surface area contributed by atoms with Gasteiger partial charge in [0.25, 0.3) is 0 Å². The van der Waals surface area contributed by atoms with Crippen molar-refractivity contribution < 1.29 is 22.0 Å². The summed E-state index contributed by atoms with van der Waals surface area (Å²) in [5, 5.41) is 0. The second-order valence-electron chi connectivity index (χ2n) is 1.91. The van der Waals surface area contributed by atoms with Crippen molar-refractivity contribution in [3.05, 3.63) is 0 Å². The summed E-state index contributed by atoms with van der Waals surface area (Å²) in [5.41, 5.74) is 1.72. The van der Waals surface area contributed by atoms with E-state index in [-0.39, 0.29) is 24.8 Å². The fraction of sp³-hybridized carbons (Fsp3) is 1.00. The molecule has 0 bridgehead atoms. The average Bonchev–Trinajstić information content (AvgIpc) is 1.81. The zero-order chi connectivity index (χ0) is 9.12. The van der Waals surface area contributed by atoms with E-state index < -0.39 is 25.1 Å². The van der Waals surface area contributed by atoms with Gasteiger partial charge in [-0.15, -0.1) is 24.8 Å². The number of nitrogens with two attached hydrogens (primary N) is 1. The van der Waals surface area contributed by atoms with Crippen molar-refractivity contribution in [3.8, 4) is 0 Å². The number of hydrazine groups is 1. The highest BCUT2D eigenvalue weighted by atomic mass is 35.5. The molecule has 9 heteroatoms. The number of nitrogens with one attached hydrogen (secondary N) is 1. The van der Waals surface area contributed by atoms with Gasteiger partial charge in [-0.1, -0.05) is 0 Å². The minimum Gasteiger partial charge on any atom is -0.271 e. The molecule has 0 aromatic heterocycles. The Balaban J connectivity index is -0.000000500. The molecule has 0 fully saturated rings. The van der Waals surface area contributed by atoms with Crippen LogP contribution in [0.5, 0.6) is 0 Å². The molecule has 0 rings (SSSR count). The van der Waals surface area contributed by atoms with Crippen LogP contribution >= 0.6 is 24.8 Å². The van der Waals surface area contributed by atoms with E-state index >= 15 is 0 Å². The molecular weight excluding hydrogens is 242 g/mol. The lowest BCUT2D eigenvalue weighted by Gasteiger charge is -2.18. The zero-order valence-electron chi connectivity index (χ0n) is 6.20. The Bertz CT molecular complexity index is 128. The maximum atomic E-state index is 11.9. The Morgan fingerprint density at radius 2 is 1.38 bits per heavy atom. The summed E-state index contributed by atoms with van der Waals surface area (Å²) in [4.78, 5) is 0. The summed E-state index contributed by atoms with van der Waals surface area (Å²) in [6, 6.07) is 0. The van der Waals surface area contributed by atoms with Gasteiger partial charge in [-0.25, -0.2) is 0 Å². The molecule has 0 heterocycles. The Hall–Kier alpha value is 0.150. The topological polar surface area (TPSA) is 38.0 Å². The lowest BCUT2D eigenvalue weighted by Crippen LogP contribution is -2.40. The van der Waals surface area contributed by atoms with Crippen molar-refractivity contribution in [1.82, 2.24) is 5.43 Å². The minimum atomic E-state index is -5.48. The maximum Gasteiger partial charge on any atom is 0.453 e. The van der Waals surface area contributed by atoms with E-state index in [0.29, 0.717) is 0 Å². The van der Waals surface area contributed by atoms with Gasteiger partial charge in [0.05, 0.1) is 0 Å². The van der Waals surface area contributed by atoms with E-state index in [2.05, 4.69) is 5.84 Å². The van der Waals surface area contributed by atoms with Gasteiger partial charge in [0, 0.05) is 13.0 Å².